The van der Waals surface area contributed by atoms with Crippen molar-refractivity contribution in [2.45, 2.75) is 39.8 Å². The molecule has 1 aromatic heterocycles. The number of hydrogen-bond donors (Lipinski definition) is 0. The summed E-state index contributed by atoms with van der Waals surface area (Å²) in [6.07, 6.45) is 1.70. The maximum Gasteiger partial charge on any atom is 0.359 e. The highest BCUT2D eigenvalue weighted by Crippen LogP contribution is 2.21. The van der Waals surface area contributed by atoms with Gasteiger partial charge in [0.15, 0.2) is 11.5 Å². The molecule has 138 valence electrons. The maximum absolute atomic E-state index is 12.3. The van der Waals surface area contributed by atoms with Crippen molar-refractivity contribution in [2.75, 3.05) is 7.11 Å². The van der Waals surface area contributed by atoms with E-state index in [1.807, 2.05) is 6.92 Å². The lowest BCUT2D eigenvalue weighted by Crippen LogP contribution is -2.25. The van der Waals surface area contributed by atoms with E-state index in [2.05, 4.69) is 5.10 Å². The van der Waals surface area contributed by atoms with Crippen molar-refractivity contribution in [2.24, 2.45) is 0 Å². The van der Waals surface area contributed by atoms with Crippen LogP contribution in [-0.4, -0.2) is 28.6 Å². The van der Waals surface area contributed by atoms with Gasteiger partial charge < -0.3 is 9.47 Å². The van der Waals surface area contributed by atoms with Crippen molar-refractivity contribution in [3.8, 4) is 5.75 Å². The van der Waals surface area contributed by atoms with Crippen LogP contribution in [0.25, 0.3) is 0 Å². The molecule has 0 radical (unpaired) electrons. The molecule has 1 heterocycles. The monoisotopic (exact) mass is 358 g/mol. The van der Waals surface area contributed by atoms with E-state index < -0.39 is 5.97 Å². The molecule has 0 spiro atoms. The van der Waals surface area contributed by atoms with Crippen LogP contribution in [0.1, 0.15) is 53.1 Å². The predicted octanol–water partition coefficient (Wildman–Crippen LogP) is 2.61. The lowest BCUT2D eigenvalue weighted by atomic mass is 10.1. The third-order valence-electron chi connectivity index (χ3n) is 3.84. The van der Waals surface area contributed by atoms with E-state index in [9.17, 15) is 14.4 Å². The van der Waals surface area contributed by atoms with E-state index in [0.717, 1.165) is 12.8 Å². The van der Waals surface area contributed by atoms with E-state index >= 15 is 0 Å². The van der Waals surface area contributed by atoms with E-state index in [1.54, 1.807) is 18.2 Å². The number of methoxy groups -OCH3 is 1. The number of nitrogens with zero attached hydrogens (tertiary/aromatic N) is 2. The number of esters is 1. The maximum atomic E-state index is 12.3. The summed E-state index contributed by atoms with van der Waals surface area (Å²) in [5, 5.41) is 4.05. The Labute approximate surface area is 151 Å². The number of unbranched alkanes of at least 4 members (excludes halogenated alkanes) is 1. The Bertz CT molecular complexity index is 857. The molecular formula is C19H22N2O5. The largest absolute Gasteiger partial charge is 0.496 e. The molecular weight excluding hydrogens is 336 g/mol. The minimum Gasteiger partial charge on any atom is -0.496 e. The van der Waals surface area contributed by atoms with E-state index in [1.165, 1.54) is 30.8 Å². The number of aryl methyl sites for hydroxylation is 1. The van der Waals surface area contributed by atoms with Crippen LogP contribution in [0.15, 0.2) is 35.1 Å². The average molecular weight is 358 g/mol. The van der Waals surface area contributed by atoms with Gasteiger partial charge in [0.05, 0.1) is 7.11 Å². The number of hydrogen-bond acceptors (Lipinski definition) is 6. The van der Waals surface area contributed by atoms with Crippen LogP contribution in [-0.2, 0) is 17.9 Å². The summed E-state index contributed by atoms with van der Waals surface area (Å²) in [6, 6.07) is 7.58. The van der Waals surface area contributed by atoms with Crippen LogP contribution in [0.5, 0.6) is 5.75 Å². The highest BCUT2D eigenvalue weighted by atomic mass is 16.5. The normalized spacial score (nSPS) is 10.4. The van der Waals surface area contributed by atoms with Gasteiger partial charge in [-0.2, -0.15) is 5.10 Å². The first-order valence-corrected chi connectivity index (χ1v) is 8.39. The van der Waals surface area contributed by atoms with Gasteiger partial charge in [-0.05, 0) is 37.6 Å². The summed E-state index contributed by atoms with van der Waals surface area (Å²) in [5.41, 5.74) is 0.879. The average Bonchev–Trinajstić information content (AvgIpc) is 2.65. The third kappa shape index (κ3) is 4.78. The fraction of sp³-hybridized carbons (Fsp3) is 0.368. The van der Waals surface area contributed by atoms with Crippen LogP contribution in [0.4, 0.5) is 0 Å². The molecule has 2 rings (SSSR count). The molecule has 1 aromatic carbocycles. The Morgan fingerprint density at radius 1 is 1.19 bits per heavy atom. The van der Waals surface area contributed by atoms with Gasteiger partial charge in [0.25, 0.3) is 5.56 Å². The SMILES string of the molecule is CCCCn1nc(C(=O)OCc2cc(C(C)=O)ccc2OC)ccc1=O. The minimum absolute atomic E-state index is 0.0578. The zero-order valence-electron chi connectivity index (χ0n) is 15.2. The van der Waals surface area contributed by atoms with E-state index in [-0.39, 0.29) is 23.6 Å². The molecule has 0 aliphatic carbocycles. The van der Waals surface area contributed by atoms with Crippen LogP contribution in [0.3, 0.4) is 0 Å². The van der Waals surface area contributed by atoms with Crippen molar-refractivity contribution >= 4 is 11.8 Å². The van der Waals surface area contributed by atoms with Gasteiger partial charge in [0.2, 0.25) is 0 Å². The highest BCUT2D eigenvalue weighted by Gasteiger charge is 2.14. The highest BCUT2D eigenvalue weighted by molar-refractivity contribution is 5.94. The molecule has 0 fully saturated rings. The first-order valence-electron chi connectivity index (χ1n) is 8.39. The molecule has 0 unspecified atom stereocenters. The number of carbonyl (C=O) groups excluding carboxylic acids is 2. The van der Waals surface area contributed by atoms with Gasteiger partial charge in [0.1, 0.15) is 12.4 Å². The molecule has 7 heteroatoms. The Kier molecular flexibility index (Phi) is 6.66. The van der Waals surface area contributed by atoms with Crippen molar-refractivity contribution in [3.63, 3.8) is 0 Å². The number of Topliss-reactive ketones (excluding diaryl/α,β-unsaturated/α-hetero) is 1. The van der Waals surface area contributed by atoms with Gasteiger partial charge in [-0.3, -0.25) is 9.59 Å². The van der Waals surface area contributed by atoms with Gasteiger partial charge in [-0.1, -0.05) is 13.3 Å². The molecule has 7 nitrogen and oxygen atoms in total. The molecule has 26 heavy (non-hydrogen) atoms. The predicted molar refractivity (Wildman–Crippen MR) is 95.5 cm³/mol. The molecule has 0 N–H and O–H groups in total. The van der Waals surface area contributed by atoms with Crippen LogP contribution < -0.4 is 10.3 Å². The van der Waals surface area contributed by atoms with Crippen LogP contribution >= 0.6 is 0 Å². The lowest BCUT2D eigenvalue weighted by molar-refractivity contribution is 0.0460. The molecule has 0 saturated heterocycles. The van der Waals surface area contributed by atoms with Gasteiger partial charge >= 0.3 is 5.97 Å². The molecule has 0 saturated carbocycles. The smallest absolute Gasteiger partial charge is 0.359 e. The number of carbonyl (C=O) groups is 2. The van der Waals surface area contributed by atoms with Crippen molar-refractivity contribution in [1.82, 2.24) is 9.78 Å². The standard InChI is InChI=1S/C19H22N2O5/c1-4-5-10-21-18(23)9-7-16(20-21)19(24)26-12-15-11-14(13(2)22)6-8-17(15)25-3/h6-9,11H,4-5,10,12H2,1-3H3. The fourth-order valence-corrected chi connectivity index (χ4v) is 2.35. The number of benzene rings is 1. The summed E-state index contributed by atoms with van der Waals surface area (Å²) in [4.78, 5) is 35.6. The second-order valence-corrected chi connectivity index (χ2v) is 5.79. The van der Waals surface area contributed by atoms with E-state index in [4.69, 9.17) is 9.47 Å². The molecule has 0 aliphatic rings. The quantitative estimate of drug-likeness (QED) is 0.532. The number of aromatic nitrogens is 2. The zero-order chi connectivity index (χ0) is 19.1. The Morgan fingerprint density at radius 2 is 1.96 bits per heavy atom. The first-order chi connectivity index (χ1) is 12.5. The summed E-state index contributed by atoms with van der Waals surface area (Å²) < 4.78 is 11.8. The van der Waals surface area contributed by atoms with Crippen LogP contribution in [0, 0.1) is 0 Å². The minimum atomic E-state index is -0.648. The van der Waals surface area contributed by atoms with Crippen molar-refractivity contribution in [3.05, 3.63) is 57.5 Å². The zero-order valence-corrected chi connectivity index (χ0v) is 15.2. The topological polar surface area (TPSA) is 87.5 Å². The fourth-order valence-electron chi connectivity index (χ4n) is 2.35. The van der Waals surface area contributed by atoms with Crippen LogP contribution in [0.2, 0.25) is 0 Å². The third-order valence-corrected chi connectivity index (χ3v) is 3.84. The summed E-state index contributed by atoms with van der Waals surface area (Å²) in [5.74, 6) is -0.223. The second kappa shape index (κ2) is 8.94. The Hall–Kier alpha value is -2.96. The number of rotatable bonds is 8. The second-order valence-electron chi connectivity index (χ2n) is 5.79. The Balaban J connectivity index is 2.15. The number of ether oxygens (including phenoxy) is 2. The van der Waals surface area contributed by atoms with E-state index in [0.29, 0.717) is 23.4 Å². The van der Waals surface area contributed by atoms with Gasteiger partial charge in [-0.25, -0.2) is 9.48 Å². The summed E-state index contributed by atoms with van der Waals surface area (Å²) in [6.45, 7) is 3.84. The molecule has 0 amide bonds. The molecule has 2 aromatic rings. The molecule has 0 aliphatic heterocycles. The first kappa shape index (κ1) is 19.4. The molecule has 0 atom stereocenters. The lowest BCUT2D eigenvalue weighted by Gasteiger charge is -2.11. The number of ketones is 1. The van der Waals surface area contributed by atoms with Crippen molar-refractivity contribution in [1.29, 1.82) is 0 Å². The van der Waals surface area contributed by atoms with Crippen molar-refractivity contribution < 1.29 is 19.1 Å². The van der Waals surface area contributed by atoms with Gasteiger partial charge in [-0.15, -0.1) is 0 Å². The summed E-state index contributed by atoms with van der Waals surface area (Å²) >= 11 is 0. The van der Waals surface area contributed by atoms with Gasteiger partial charge in [0, 0.05) is 23.7 Å². The Morgan fingerprint density at radius 3 is 2.62 bits per heavy atom. The summed E-state index contributed by atoms with van der Waals surface area (Å²) in [7, 11) is 1.50. The molecule has 0 bridgehead atoms.